The normalized spacial score (nSPS) is 12.1. The Morgan fingerprint density at radius 2 is 1.95 bits per heavy atom. The number of amides is 1. The second-order valence-electron chi connectivity index (χ2n) is 4.34. The number of nitrogens with two attached hydrogens (primary N) is 2. The van der Waals surface area contributed by atoms with Crippen LogP contribution in [0.1, 0.15) is 19.5 Å². The van der Waals surface area contributed by atoms with Crippen LogP contribution in [0.5, 0.6) is 0 Å². The van der Waals surface area contributed by atoms with Crippen LogP contribution in [0.3, 0.4) is 0 Å². The quantitative estimate of drug-likeness (QED) is 0.614. The monoisotopic (exact) mass is 302 g/mol. The van der Waals surface area contributed by atoms with Gasteiger partial charge in [-0.2, -0.15) is 4.72 Å². The van der Waals surface area contributed by atoms with Crippen molar-refractivity contribution in [2.24, 2.45) is 11.5 Å². The van der Waals surface area contributed by atoms with Gasteiger partial charge >= 0.3 is 0 Å². The molecule has 9 heteroatoms. The fourth-order valence-electron chi connectivity index (χ4n) is 1.13. The van der Waals surface area contributed by atoms with E-state index in [0.29, 0.717) is 5.69 Å². The number of thiocarbonyl (C=S) groups is 1. The maximum absolute atomic E-state index is 12.0. The first-order valence-corrected chi connectivity index (χ1v) is 7.05. The van der Waals surface area contributed by atoms with Crippen molar-refractivity contribution in [3.8, 4) is 0 Å². The van der Waals surface area contributed by atoms with Gasteiger partial charge < -0.3 is 11.5 Å². The van der Waals surface area contributed by atoms with Gasteiger partial charge in [0.2, 0.25) is 15.9 Å². The number of carbonyl (C=O) groups is 1. The van der Waals surface area contributed by atoms with Gasteiger partial charge in [-0.1, -0.05) is 12.2 Å². The van der Waals surface area contributed by atoms with Crippen molar-refractivity contribution in [1.29, 1.82) is 0 Å². The number of carbonyl (C=O) groups excluding carboxylic acids is 1. The number of hydrogen-bond donors (Lipinski definition) is 3. The summed E-state index contributed by atoms with van der Waals surface area (Å²) < 4.78 is 26.2. The minimum atomic E-state index is -3.90. The van der Waals surface area contributed by atoms with Gasteiger partial charge in [0.05, 0.1) is 5.69 Å². The Morgan fingerprint density at radius 1 is 1.37 bits per heavy atom. The summed E-state index contributed by atoms with van der Waals surface area (Å²) in [7, 11) is -3.90. The number of aromatic nitrogens is 1. The zero-order chi connectivity index (χ0) is 14.8. The summed E-state index contributed by atoms with van der Waals surface area (Å²) in [5, 5.41) is 0. The lowest BCUT2D eigenvalue weighted by molar-refractivity contribution is -0.122. The molecule has 0 bridgehead atoms. The van der Waals surface area contributed by atoms with Crippen LogP contribution in [-0.4, -0.2) is 29.8 Å². The van der Waals surface area contributed by atoms with Gasteiger partial charge in [0.25, 0.3) is 0 Å². The lowest BCUT2D eigenvalue weighted by atomic mass is 10.1. The Balaban J connectivity index is 3.08. The Hall–Kier alpha value is -1.58. The molecule has 1 aromatic heterocycles. The molecule has 0 saturated carbocycles. The Morgan fingerprint density at radius 3 is 2.32 bits per heavy atom. The third-order valence-corrected chi connectivity index (χ3v) is 4.15. The largest absolute Gasteiger partial charge is 0.388 e. The van der Waals surface area contributed by atoms with Gasteiger partial charge in [0, 0.05) is 6.20 Å². The Bertz CT molecular complexity index is 608. The molecule has 0 fully saturated rings. The molecule has 0 aromatic carbocycles. The molecule has 1 heterocycles. The zero-order valence-electron chi connectivity index (χ0n) is 10.4. The van der Waals surface area contributed by atoms with E-state index in [1.165, 1.54) is 26.0 Å². The van der Waals surface area contributed by atoms with Gasteiger partial charge in [-0.05, 0) is 26.0 Å². The third-order valence-electron chi connectivity index (χ3n) is 2.30. The predicted octanol–water partition coefficient (Wildman–Crippen LogP) is -0.742. The molecular formula is C10H14N4O3S2. The first-order chi connectivity index (χ1) is 8.56. The maximum Gasteiger partial charge on any atom is 0.243 e. The van der Waals surface area contributed by atoms with Crippen molar-refractivity contribution < 1.29 is 13.2 Å². The SMILES string of the molecule is CC(C)(NS(=O)(=O)c1ccc(C(N)=S)nc1)C(N)=O. The van der Waals surface area contributed by atoms with E-state index in [1.54, 1.807) is 0 Å². The smallest absolute Gasteiger partial charge is 0.243 e. The Kier molecular flexibility index (Phi) is 4.23. The lowest BCUT2D eigenvalue weighted by Gasteiger charge is -2.21. The topological polar surface area (TPSA) is 128 Å². The van der Waals surface area contributed by atoms with Crippen molar-refractivity contribution in [2.75, 3.05) is 0 Å². The molecule has 0 atom stereocenters. The first kappa shape index (κ1) is 15.5. The second-order valence-corrected chi connectivity index (χ2v) is 6.46. The van der Waals surface area contributed by atoms with E-state index in [-0.39, 0.29) is 9.88 Å². The van der Waals surface area contributed by atoms with E-state index < -0.39 is 21.5 Å². The van der Waals surface area contributed by atoms with Crippen molar-refractivity contribution in [2.45, 2.75) is 24.3 Å². The van der Waals surface area contributed by atoms with Crippen LogP contribution in [0.25, 0.3) is 0 Å². The van der Waals surface area contributed by atoms with Crippen LogP contribution in [0.2, 0.25) is 0 Å². The molecule has 104 valence electrons. The molecular weight excluding hydrogens is 288 g/mol. The lowest BCUT2D eigenvalue weighted by Crippen LogP contribution is -2.52. The number of primary amides is 1. The van der Waals surface area contributed by atoms with Crippen LogP contribution in [-0.2, 0) is 14.8 Å². The summed E-state index contributed by atoms with van der Waals surface area (Å²) in [6.07, 6.45) is 1.11. The molecule has 19 heavy (non-hydrogen) atoms. The molecule has 0 aliphatic rings. The molecule has 0 spiro atoms. The molecule has 0 aliphatic carbocycles. The highest BCUT2D eigenvalue weighted by atomic mass is 32.2. The summed E-state index contributed by atoms with van der Waals surface area (Å²) in [6, 6.07) is 2.68. The van der Waals surface area contributed by atoms with Gasteiger partial charge in [-0.25, -0.2) is 8.42 Å². The van der Waals surface area contributed by atoms with Gasteiger partial charge in [-0.3, -0.25) is 9.78 Å². The number of rotatable bonds is 5. The standard InChI is InChI=1S/C10H14N4O3S2/c1-10(2,9(12)15)14-19(16,17)6-3-4-7(8(11)18)13-5-6/h3-5,14H,1-2H3,(H2,11,18)(H2,12,15). The third kappa shape index (κ3) is 3.69. The first-order valence-electron chi connectivity index (χ1n) is 5.16. The van der Waals surface area contributed by atoms with Crippen LogP contribution < -0.4 is 16.2 Å². The van der Waals surface area contributed by atoms with E-state index in [1.807, 2.05) is 0 Å². The van der Waals surface area contributed by atoms with Crippen LogP contribution in [0.15, 0.2) is 23.2 Å². The number of sulfonamides is 1. The van der Waals surface area contributed by atoms with E-state index in [9.17, 15) is 13.2 Å². The summed E-state index contributed by atoms with van der Waals surface area (Å²) >= 11 is 4.71. The van der Waals surface area contributed by atoms with Crippen molar-refractivity contribution in [1.82, 2.24) is 9.71 Å². The highest BCUT2D eigenvalue weighted by molar-refractivity contribution is 7.89. The Labute approximate surface area is 116 Å². The van der Waals surface area contributed by atoms with E-state index in [0.717, 1.165) is 6.20 Å². The number of hydrogen-bond acceptors (Lipinski definition) is 5. The van der Waals surface area contributed by atoms with Gasteiger partial charge in [-0.15, -0.1) is 0 Å². The summed E-state index contributed by atoms with van der Waals surface area (Å²) in [6.45, 7) is 2.73. The molecule has 0 radical (unpaired) electrons. The molecule has 0 aliphatic heterocycles. The highest BCUT2D eigenvalue weighted by Crippen LogP contribution is 2.12. The summed E-state index contributed by atoms with van der Waals surface area (Å²) in [5.74, 6) is -0.788. The average Bonchev–Trinajstić information content (AvgIpc) is 2.27. The summed E-state index contributed by atoms with van der Waals surface area (Å²) in [5.41, 5.74) is 9.37. The van der Waals surface area contributed by atoms with Crippen LogP contribution in [0, 0.1) is 0 Å². The molecule has 0 saturated heterocycles. The predicted molar refractivity (Wildman–Crippen MR) is 73.7 cm³/mol. The molecule has 1 aromatic rings. The molecule has 0 unspecified atom stereocenters. The molecule has 1 amide bonds. The zero-order valence-corrected chi connectivity index (χ0v) is 12.0. The maximum atomic E-state index is 12.0. The van der Waals surface area contributed by atoms with Crippen molar-refractivity contribution >= 4 is 33.1 Å². The molecule has 7 nitrogen and oxygen atoms in total. The number of nitrogens with one attached hydrogen (secondary N) is 1. The molecule has 5 N–H and O–H groups in total. The van der Waals surface area contributed by atoms with E-state index in [2.05, 4.69) is 9.71 Å². The van der Waals surface area contributed by atoms with Crippen molar-refractivity contribution in [3.63, 3.8) is 0 Å². The molecule has 1 rings (SSSR count). The minimum absolute atomic E-state index is 0.0642. The number of nitrogens with zero attached hydrogens (tertiary/aromatic N) is 1. The van der Waals surface area contributed by atoms with Crippen molar-refractivity contribution in [3.05, 3.63) is 24.0 Å². The van der Waals surface area contributed by atoms with Crippen LogP contribution in [0.4, 0.5) is 0 Å². The summed E-state index contributed by atoms with van der Waals surface area (Å²) in [4.78, 5) is 14.9. The fraction of sp³-hybridized carbons (Fsp3) is 0.300. The highest BCUT2D eigenvalue weighted by Gasteiger charge is 2.31. The van der Waals surface area contributed by atoms with E-state index >= 15 is 0 Å². The minimum Gasteiger partial charge on any atom is -0.388 e. The number of pyridine rings is 1. The van der Waals surface area contributed by atoms with Gasteiger partial charge in [0.1, 0.15) is 15.4 Å². The second kappa shape index (κ2) is 5.19. The van der Waals surface area contributed by atoms with Crippen LogP contribution >= 0.6 is 12.2 Å². The van der Waals surface area contributed by atoms with E-state index in [4.69, 9.17) is 23.7 Å². The fourth-order valence-corrected chi connectivity index (χ4v) is 2.58. The van der Waals surface area contributed by atoms with Gasteiger partial charge in [0.15, 0.2) is 0 Å². The average molecular weight is 302 g/mol.